The fraction of sp³-hybridized carbons (Fsp3) is 0.455. The maximum atomic E-state index is 11.8. The molecule has 1 aromatic carbocycles. The van der Waals surface area contributed by atoms with E-state index in [4.69, 9.17) is 11.6 Å². The van der Waals surface area contributed by atoms with E-state index in [1.165, 1.54) is 6.07 Å². The van der Waals surface area contributed by atoms with Crippen LogP contribution in [-0.2, 0) is 10.0 Å². The van der Waals surface area contributed by atoms with Gasteiger partial charge >= 0.3 is 0 Å². The van der Waals surface area contributed by atoms with E-state index < -0.39 is 10.0 Å². The van der Waals surface area contributed by atoms with Gasteiger partial charge in [0, 0.05) is 11.6 Å². The molecular formula is C11H16ClNO2S. The standard InChI is InChI=1S/C11H16ClNO2S/c1-3-4-5-13-16(14,15)11-7-9(2)6-10(12)8-11/h6-8,13H,3-5H2,1-2H3. The van der Waals surface area contributed by atoms with Gasteiger partial charge in [-0.3, -0.25) is 0 Å². The molecule has 0 aliphatic carbocycles. The maximum absolute atomic E-state index is 11.8. The van der Waals surface area contributed by atoms with Crippen LogP contribution >= 0.6 is 11.6 Å². The van der Waals surface area contributed by atoms with Crippen molar-refractivity contribution in [3.63, 3.8) is 0 Å². The van der Waals surface area contributed by atoms with Gasteiger partial charge in [-0.2, -0.15) is 0 Å². The fourth-order valence-electron chi connectivity index (χ4n) is 1.32. The number of hydrogen-bond acceptors (Lipinski definition) is 2. The third-order valence-corrected chi connectivity index (χ3v) is 3.81. The van der Waals surface area contributed by atoms with Gasteiger partial charge in [-0.05, 0) is 37.1 Å². The van der Waals surface area contributed by atoms with Crippen molar-refractivity contribution < 1.29 is 8.42 Å². The van der Waals surface area contributed by atoms with Gasteiger partial charge < -0.3 is 0 Å². The lowest BCUT2D eigenvalue weighted by Gasteiger charge is -2.07. The zero-order valence-corrected chi connectivity index (χ0v) is 11.0. The Morgan fingerprint density at radius 1 is 1.31 bits per heavy atom. The highest BCUT2D eigenvalue weighted by Crippen LogP contribution is 2.18. The molecule has 1 aromatic rings. The lowest BCUT2D eigenvalue weighted by molar-refractivity contribution is 0.578. The maximum Gasteiger partial charge on any atom is 0.240 e. The summed E-state index contributed by atoms with van der Waals surface area (Å²) in [5, 5.41) is 0.441. The van der Waals surface area contributed by atoms with Crippen molar-refractivity contribution in [3.05, 3.63) is 28.8 Å². The third-order valence-electron chi connectivity index (χ3n) is 2.15. The van der Waals surface area contributed by atoms with Crippen LogP contribution in [0, 0.1) is 6.92 Å². The van der Waals surface area contributed by atoms with Gasteiger partial charge in [0.15, 0.2) is 0 Å². The van der Waals surface area contributed by atoms with Crippen LogP contribution in [0.2, 0.25) is 5.02 Å². The lowest BCUT2D eigenvalue weighted by atomic mass is 10.2. The van der Waals surface area contributed by atoms with Gasteiger partial charge in [0.2, 0.25) is 10.0 Å². The van der Waals surface area contributed by atoms with Crippen LogP contribution in [0.25, 0.3) is 0 Å². The molecule has 0 aliphatic rings. The van der Waals surface area contributed by atoms with E-state index in [-0.39, 0.29) is 4.90 Å². The minimum Gasteiger partial charge on any atom is -0.211 e. The van der Waals surface area contributed by atoms with Gasteiger partial charge in [-0.1, -0.05) is 24.9 Å². The quantitative estimate of drug-likeness (QED) is 0.829. The molecule has 90 valence electrons. The molecule has 16 heavy (non-hydrogen) atoms. The number of aryl methyl sites for hydroxylation is 1. The Morgan fingerprint density at radius 3 is 2.56 bits per heavy atom. The number of unbranched alkanes of at least 4 members (excludes halogenated alkanes) is 1. The Morgan fingerprint density at radius 2 is 2.00 bits per heavy atom. The first-order chi connectivity index (χ1) is 7.45. The fourth-order valence-corrected chi connectivity index (χ4v) is 2.88. The largest absolute Gasteiger partial charge is 0.240 e. The molecule has 5 heteroatoms. The minimum absolute atomic E-state index is 0.230. The summed E-state index contributed by atoms with van der Waals surface area (Å²) in [4.78, 5) is 0.230. The molecule has 0 fully saturated rings. The SMILES string of the molecule is CCCCNS(=O)(=O)c1cc(C)cc(Cl)c1. The summed E-state index contributed by atoms with van der Waals surface area (Å²) in [5.41, 5.74) is 0.836. The Hall–Kier alpha value is -0.580. The average molecular weight is 262 g/mol. The van der Waals surface area contributed by atoms with E-state index in [0.29, 0.717) is 11.6 Å². The van der Waals surface area contributed by atoms with Crippen LogP contribution in [0.1, 0.15) is 25.3 Å². The van der Waals surface area contributed by atoms with Crippen molar-refractivity contribution in [1.82, 2.24) is 4.72 Å². The highest BCUT2D eigenvalue weighted by atomic mass is 35.5. The second kappa shape index (κ2) is 5.66. The molecule has 0 radical (unpaired) electrons. The normalized spacial score (nSPS) is 11.7. The van der Waals surface area contributed by atoms with Crippen LogP contribution in [-0.4, -0.2) is 15.0 Å². The van der Waals surface area contributed by atoms with Crippen molar-refractivity contribution >= 4 is 21.6 Å². The van der Waals surface area contributed by atoms with E-state index in [2.05, 4.69) is 4.72 Å². The van der Waals surface area contributed by atoms with Crippen molar-refractivity contribution in [2.75, 3.05) is 6.54 Å². The van der Waals surface area contributed by atoms with Crippen LogP contribution in [0.3, 0.4) is 0 Å². The minimum atomic E-state index is -3.41. The lowest BCUT2D eigenvalue weighted by Crippen LogP contribution is -2.24. The monoisotopic (exact) mass is 261 g/mol. The molecule has 1 N–H and O–H groups in total. The second-order valence-corrected chi connectivity index (χ2v) is 5.92. The first-order valence-corrected chi connectivity index (χ1v) is 7.08. The zero-order chi connectivity index (χ0) is 12.2. The number of hydrogen-bond donors (Lipinski definition) is 1. The topological polar surface area (TPSA) is 46.2 Å². The number of benzene rings is 1. The van der Waals surface area contributed by atoms with E-state index in [1.54, 1.807) is 12.1 Å². The van der Waals surface area contributed by atoms with E-state index in [0.717, 1.165) is 18.4 Å². The Kier molecular flexibility index (Phi) is 4.77. The molecular weight excluding hydrogens is 246 g/mol. The Balaban J connectivity index is 2.89. The number of halogens is 1. The van der Waals surface area contributed by atoms with Crippen molar-refractivity contribution in [3.8, 4) is 0 Å². The van der Waals surface area contributed by atoms with Gasteiger partial charge in [0.05, 0.1) is 4.90 Å². The second-order valence-electron chi connectivity index (χ2n) is 3.72. The van der Waals surface area contributed by atoms with Crippen molar-refractivity contribution in [2.24, 2.45) is 0 Å². The summed E-state index contributed by atoms with van der Waals surface area (Å²) in [6, 6.07) is 4.80. The highest BCUT2D eigenvalue weighted by Gasteiger charge is 2.13. The molecule has 0 heterocycles. The Bertz CT molecular complexity index is 437. The summed E-state index contributed by atoms with van der Waals surface area (Å²) in [6.45, 7) is 4.29. The van der Waals surface area contributed by atoms with E-state index >= 15 is 0 Å². The molecule has 0 saturated carbocycles. The molecule has 0 bridgehead atoms. The molecule has 1 rings (SSSR count). The summed E-state index contributed by atoms with van der Waals surface area (Å²) in [5.74, 6) is 0. The third kappa shape index (κ3) is 3.77. The molecule has 3 nitrogen and oxygen atoms in total. The molecule has 0 unspecified atom stereocenters. The first-order valence-electron chi connectivity index (χ1n) is 5.22. The van der Waals surface area contributed by atoms with Gasteiger partial charge in [0.25, 0.3) is 0 Å². The number of sulfonamides is 1. The first kappa shape index (κ1) is 13.5. The molecule has 0 saturated heterocycles. The number of nitrogens with one attached hydrogen (secondary N) is 1. The van der Waals surface area contributed by atoms with Crippen LogP contribution in [0.4, 0.5) is 0 Å². The van der Waals surface area contributed by atoms with Crippen molar-refractivity contribution in [1.29, 1.82) is 0 Å². The van der Waals surface area contributed by atoms with Crippen molar-refractivity contribution in [2.45, 2.75) is 31.6 Å². The van der Waals surface area contributed by atoms with Gasteiger partial charge in [0.1, 0.15) is 0 Å². The van der Waals surface area contributed by atoms with Gasteiger partial charge in [-0.15, -0.1) is 0 Å². The summed E-state index contributed by atoms with van der Waals surface area (Å²) in [6.07, 6.45) is 1.79. The molecule has 0 spiro atoms. The summed E-state index contributed by atoms with van der Waals surface area (Å²) < 4.78 is 26.2. The van der Waals surface area contributed by atoms with Crippen LogP contribution < -0.4 is 4.72 Å². The molecule has 0 amide bonds. The highest BCUT2D eigenvalue weighted by molar-refractivity contribution is 7.89. The molecule has 0 aliphatic heterocycles. The van der Waals surface area contributed by atoms with Crippen LogP contribution in [0.5, 0.6) is 0 Å². The summed E-state index contributed by atoms with van der Waals surface area (Å²) >= 11 is 5.83. The van der Waals surface area contributed by atoms with E-state index in [1.807, 2.05) is 13.8 Å². The number of rotatable bonds is 5. The predicted molar refractivity (Wildman–Crippen MR) is 66.3 cm³/mol. The molecule has 0 atom stereocenters. The smallest absolute Gasteiger partial charge is 0.211 e. The average Bonchev–Trinajstić information content (AvgIpc) is 2.16. The van der Waals surface area contributed by atoms with Crippen LogP contribution in [0.15, 0.2) is 23.1 Å². The molecule has 0 aromatic heterocycles. The Labute approximate surface area is 102 Å². The zero-order valence-electron chi connectivity index (χ0n) is 9.46. The van der Waals surface area contributed by atoms with Gasteiger partial charge in [-0.25, -0.2) is 13.1 Å². The summed E-state index contributed by atoms with van der Waals surface area (Å²) in [7, 11) is -3.41. The van der Waals surface area contributed by atoms with E-state index in [9.17, 15) is 8.42 Å². The predicted octanol–water partition coefficient (Wildman–Crippen LogP) is 2.73.